The fourth-order valence-electron chi connectivity index (χ4n) is 1.75. The first kappa shape index (κ1) is 17.1. The van der Waals surface area contributed by atoms with Crippen molar-refractivity contribution in [1.82, 2.24) is 10.3 Å². The summed E-state index contributed by atoms with van der Waals surface area (Å²) in [5, 5.41) is 7.75. The molecule has 0 bridgehead atoms. The maximum Gasteiger partial charge on any atom is 0.271 e. The van der Waals surface area contributed by atoms with E-state index in [4.69, 9.17) is 5.73 Å². The van der Waals surface area contributed by atoms with Gasteiger partial charge < -0.3 is 11.1 Å². The smallest absolute Gasteiger partial charge is 0.271 e. The molecular formula is C13H18ClN3OS2. The van der Waals surface area contributed by atoms with Gasteiger partial charge in [-0.05, 0) is 24.4 Å². The summed E-state index contributed by atoms with van der Waals surface area (Å²) in [5.41, 5.74) is 5.97. The Bertz CT molecular complexity index is 527. The van der Waals surface area contributed by atoms with E-state index in [9.17, 15) is 4.79 Å². The Kier molecular flexibility index (Phi) is 7.15. The fourth-order valence-corrected chi connectivity index (χ4v) is 3.41. The highest BCUT2D eigenvalue weighted by molar-refractivity contribution is 7.10. The first-order valence-corrected chi connectivity index (χ1v) is 7.99. The van der Waals surface area contributed by atoms with Crippen LogP contribution < -0.4 is 11.1 Å². The highest BCUT2D eigenvalue weighted by atomic mass is 35.5. The number of nitrogens with two attached hydrogens (primary N) is 1. The molecule has 1 unspecified atom stereocenters. The van der Waals surface area contributed by atoms with Gasteiger partial charge in [0, 0.05) is 16.7 Å². The van der Waals surface area contributed by atoms with Gasteiger partial charge in [0.05, 0.1) is 11.0 Å². The molecule has 0 aromatic carbocycles. The zero-order chi connectivity index (χ0) is 13.7. The topological polar surface area (TPSA) is 68.0 Å². The average Bonchev–Trinajstić information content (AvgIpc) is 3.07. The fraction of sp³-hybridized carbons (Fsp3) is 0.385. The van der Waals surface area contributed by atoms with Crippen LogP contribution >= 0.6 is 35.1 Å². The largest absolute Gasteiger partial charge is 0.343 e. The van der Waals surface area contributed by atoms with E-state index in [0.717, 1.165) is 17.8 Å². The normalized spacial score (nSPS) is 11.7. The molecule has 0 spiro atoms. The molecule has 0 saturated heterocycles. The molecule has 0 aliphatic heterocycles. The zero-order valence-electron chi connectivity index (χ0n) is 11.2. The third-order valence-electron chi connectivity index (χ3n) is 2.74. The summed E-state index contributed by atoms with van der Waals surface area (Å²) >= 11 is 3.14. The quantitative estimate of drug-likeness (QED) is 0.855. The maximum absolute atomic E-state index is 12.1. The lowest BCUT2D eigenvalue weighted by atomic mass is 10.2. The number of hydrogen-bond acceptors (Lipinski definition) is 5. The van der Waals surface area contributed by atoms with Gasteiger partial charge in [0.25, 0.3) is 5.91 Å². The number of halogens is 1. The van der Waals surface area contributed by atoms with Crippen molar-refractivity contribution in [2.75, 3.05) is 6.54 Å². The van der Waals surface area contributed by atoms with E-state index in [-0.39, 0.29) is 24.4 Å². The molecule has 0 aliphatic carbocycles. The van der Waals surface area contributed by atoms with E-state index in [1.54, 1.807) is 16.7 Å². The van der Waals surface area contributed by atoms with Crippen LogP contribution in [0.15, 0.2) is 22.9 Å². The van der Waals surface area contributed by atoms with Crippen LogP contribution in [0.3, 0.4) is 0 Å². The van der Waals surface area contributed by atoms with Gasteiger partial charge >= 0.3 is 0 Å². The minimum atomic E-state index is -0.111. The van der Waals surface area contributed by atoms with Gasteiger partial charge in [-0.1, -0.05) is 13.0 Å². The lowest BCUT2D eigenvalue weighted by Crippen LogP contribution is -2.27. The predicted octanol–water partition coefficient (Wildman–Crippen LogP) is 3.01. The third kappa shape index (κ3) is 4.28. The van der Waals surface area contributed by atoms with Gasteiger partial charge in [-0.15, -0.1) is 35.1 Å². The number of thiophene rings is 1. The van der Waals surface area contributed by atoms with Crippen molar-refractivity contribution in [3.63, 3.8) is 0 Å². The number of carbonyl (C=O) groups excluding carboxylic acids is 1. The van der Waals surface area contributed by atoms with Crippen LogP contribution in [0.5, 0.6) is 0 Å². The molecule has 20 heavy (non-hydrogen) atoms. The summed E-state index contributed by atoms with van der Waals surface area (Å²) in [4.78, 5) is 17.6. The van der Waals surface area contributed by atoms with Crippen LogP contribution in [0.25, 0.3) is 0 Å². The standard InChI is InChI=1S/C13H17N3OS2.ClH/c1-2-9(11-4-3-7-18-11)16-13(17)10-8-19-12(15-10)5-6-14;/h3-4,7-9H,2,5-6,14H2,1H3,(H,16,17);1H. The summed E-state index contributed by atoms with van der Waals surface area (Å²) in [6, 6.07) is 4.10. The molecule has 2 rings (SSSR count). The van der Waals surface area contributed by atoms with E-state index >= 15 is 0 Å². The molecule has 4 nitrogen and oxygen atoms in total. The van der Waals surface area contributed by atoms with Gasteiger partial charge in [0.15, 0.2) is 0 Å². The third-order valence-corrected chi connectivity index (χ3v) is 4.64. The van der Waals surface area contributed by atoms with Crippen molar-refractivity contribution in [1.29, 1.82) is 0 Å². The Hall–Kier alpha value is -0.950. The summed E-state index contributed by atoms with van der Waals surface area (Å²) in [5.74, 6) is -0.111. The van der Waals surface area contributed by atoms with Gasteiger partial charge in [-0.2, -0.15) is 0 Å². The van der Waals surface area contributed by atoms with Gasteiger partial charge in [0.1, 0.15) is 5.69 Å². The summed E-state index contributed by atoms with van der Waals surface area (Å²) in [6.07, 6.45) is 1.59. The molecule has 2 aromatic heterocycles. The Balaban J connectivity index is 0.00000200. The molecule has 1 atom stereocenters. The molecule has 7 heteroatoms. The number of amides is 1. The molecule has 2 heterocycles. The van der Waals surface area contributed by atoms with Crippen LogP contribution in [0, 0.1) is 0 Å². The summed E-state index contributed by atoms with van der Waals surface area (Å²) in [7, 11) is 0. The van der Waals surface area contributed by atoms with Gasteiger partial charge in [-0.25, -0.2) is 4.98 Å². The molecular weight excluding hydrogens is 314 g/mol. The first-order chi connectivity index (χ1) is 9.24. The van der Waals surface area contributed by atoms with Crippen molar-refractivity contribution in [3.05, 3.63) is 38.5 Å². The lowest BCUT2D eigenvalue weighted by molar-refractivity contribution is 0.0931. The van der Waals surface area contributed by atoms with Crippen LogP contribution in [0.2, 0.25) is 0 Å². The molecule has 110 valence electrons. The number of rotatable bonds is 6. The zero-order valence-corrected chi connectivity index (χ0v) is 13.6. The van der Waals surface area contributed by atoms with Crippen LogP contribution in [0.1, 0.15) is 39.8 Å². The van der Waals surface area contributed by atoms with Crippen LogP contribution in [-0.4, -0.2) is 17.4 Å². The van der Waals surface area contributed by atoms with Crippen molar-refractivity contribution >= 4 is 41.0 Å². The molecule has 0 fully saturated rings. The number of aromatic nitrogens is 1. The SMILES string of the molecule is CCC(NC(=O)c1csc(CCN)n1)c1cccs1.Cl. The predicted molar refractivity (Wildman–Crippen MR) is 86.9 cm³/mol. The van der Waals surface area contributed by atoms with Crippen molar-refractivity contribution in [3.8, 4) is 0 Å². The molecule has 0 radical (unpaired) electrons. The highest BCUT2D eigenvalue weighted by Crippen LogP contribution is 2.22. The second-order valence-corrected chi connectivity index (χ2v) is 6.04. The van der Waals surface area contributed by atoms with E-state index in [1.165, 1.54) is 16.2 Å². The highest BCUT2D eigenvalue weighted by Gasteiger charge is 2.16. The molecule has 1 amide bonds. The maximum atomic E-state index is 12.1. The number of nitrogens with zero attached hydrogens (tertiary/aromatic N) is 1. The number of carbonyl (C=O) groups is 1. The molecule has 0 saturated carbocycles. The number of thiazole rings is 1. The monoisotopic (exact) mass is 331 g/mol. The minimum absolute atomic E-state index is 0. The first-order valence-electron chi connectivity index (χ1n) is 6.23. The Labute approximate surface area is 132 Å². The number of hydrogen-bond donors (Lipinski definition) is 2. The van der Waals surface area contributed by atoms with Crippen LogP contribution in [0.4, 0.5) is 0 Å². The minimum Gasteiger partial charge on any atom is -0.343 e. The van der Waals surface area contributed by atoms with Gasteiger partial charge in [-0.3, -0.25) is 4.79 Å². The Morgan fingerprint density at radius 3 is 2.90 bits per heavy atom. The summed E-state index contributed by atoms with van der Waals surface area (Å²) in [6.45, 7) is 2.62. The van der Waals surface area contributed by atoms with Crippen molar-refractivity contribution < 1.29 is 4.79 Å². The van der Waals surface area contributed by atoms with Gasteiger partial charge in [0.2, 0.25) is 0 Å². The lowest BCUT2D eigenvalue weighted by Gasteiger charge is -2.14. The second kappa shape index (κ2) is 8.36. The van der Waals surface area contributed by atoms with E-state index < -0.39 is 0 Å². The Morgan fingerprint density at radius 1 is 1.50 bits per heavy atom. The Morgan fingerprint density at radius 2 is 2.30 bits per heavy atom. The number of nitrogens with one attached hydrogen (secondary N) is 1. The molecule has 2 aromatic rings. The molecule has 3 N–H and O–H groups in total. The van der Waals surface area contributed by atoms with E-state index in [0.29, 0.717) is 12.2 Å². The van der Waals surface area contributed by atoms with Crippen molar-refractivity contribution in [2.24, 2.45) is 5.73 Å². The second-order valence-electron chi connectivity index (χ2n) is 4.11. The van der Waals surface area contributed by atoms with E-state index in [1.807, 2.05) is 17.5 Å². The van der Waals surface area contributed by atoms with Crippen molar-refractivity contribution in [2.45, 2.75) is 25.8 Å². The van der Waals surface area contributed by atoms with E-state index in [2.05, 4.69) is 17.2 Å². The summed E-state index contributed by atoms with van der Waals surface area (Å²) < 4.78 is 0. The van der Waals surface area contributed by atoms with Crippen LogP contribution in [-0.2, 0) is 6.42 Å². The molecule has 0 aliphatic rings. The average molecular weight is 332 g/mol.